The van der Waals surface area contributed by atoms with Crippen molar-refractivity contribution in [3.05, 3.63) is 0 Å². The Balaban J connectivity index is 0. The molecule has 0 aliphatic heterocycles. The van der Waals surface area contributed by atoms with Gasteiger partial charge in [0.05, 0.1) is 27.2 Å². The lowest BCUT2D eigenvalue weighted by Crippen LogP contribution is -3.00. The molecule has 218 valence electrons. The lowest BCUT2D eigenvalue weighted by Gasteiger charge is -2.31. The average Bonchev–Trinajstić information content (AvgIpc) is 2.83. The second-order valence-electron chi connectivity index (χ2n) is 11.5. The van der Waals surface area contributed by atoms with Gasteiger partial charge in [-0.3, -0.25) is 4.79 Å². The van der Waals surface area contributed by atoms with Gasteiger partial charge in [-0.05, 0) is 6.42 Å². The molecule has 5 nitrogen and oxygen atoms in total. The first-order valence-corrected chi connectivity index (χ1v) is 15.3. The summed E-state index contributed by atoms with van der Waals surface area (Å²) in [5, 5.41) is 21.6. The molecule has 0 fully saturated rings. The summed E-state index contributed by atoms with van der Waals surface area (Å²) in [5.41, 5.74) is 0. The summed E-state index contributed by atoms with van der Waals surface area (Å²) in [6.45, 7) is 4.18. The molecule has 0 bridgehead atoms. The number of nitrogens with one attached hydrogen (secondary N) is 1. The highest BCUT2D eigenvalue weighted by Crippen LogP contribution is 2.14. The van der Waals surface area contributed by atoms with Crippen LogP contribution < -0.4 is 17.7 Å². The fraction of sp³-hybridized carbons (Fsp3) is 0.967. The smallest absolute Gasteiger partial charge is 0.219 e. The van der Waals surface area contributed by atoms with E-state index in [0.717, 1.165) is 25.8 Å². The molecule has 0 aromatic carbocycles. The van der Waals surface area contributed by atoms with Gasteiger partial charge < -0.3 is 32.4 Å². The molecule has 0 aliphatic carbocycles. The van der Waals surface area contributed by atoms with Gasteiger partial charge in [0.25, 0.3) is 0 Å². The van der Waals surface area contributed by atoms with E-state index in [1.54, 1.807) is 0 Å². The number of rotatable bonds is 27. The molecule has 0 aliphatic rings. The van der Waals surface area contributed by atoms with Gasteiger partial charge in [-0.25, -0.2) is 0 Å². The van der Waals surface area contributed by atoms with E-state index in [-0.39, 0.29) is 24.9 Å². The number of hydrogen-bond donors (Lipinski definition) is 3. The summed E-state index contributed by atoms with van der Waals surface area (Å²) in [6.07, 6.45) is 26.9. The van der Waals surface area contributed by atoms with E-state index in [1.165, 1.54) is 109 Å². The predicted molar refractivity (Wildman–Crippen MR) is 151 cm³/mol. The van der Waals surface area contributed by atoms with E-state index in [2.05, 4.69) is 12.2 Å². The van der Waals surface area contributed by atoms with Gasteiger partial charge in [0, 0.05) is 19.4 Å². The summed E-state index contributed by atoms with van der Waals surface area (Å²) >= 11 is 0. The van der Waals surface area contributed by atoms with Gasteiger partial charge in [-0.2, -0.15) is 0 Å². The van der Waals surface area contributed by atoms with Crippen LogP contribution in [0.25, 0.3) is 0 Å². The second kappa shape index (κ2) is 27.7. The molecule has 0 saturated heterocycles. The third kappa shape index (κ3) is 28.2. The minimum atomic E-state index is -0.672. The normalized spacial score (nSPS) is 12.4. The maximum Gasteiger partial charge on any atom is 0.219 e. The molecular weight excluding hydrogens is 472 g/mol. The summed E-state index contributed by atoms with van der Waals surface area (Å²) in [4.78, 5) is 12.0. The van der Waals surface area contributed by atoms with Crippen LogP contribution in [0.1, 0.15) is 142 Å². The van der Waals surface area contributed by atoms with Crippen LogP contribution in [0.15, 0.2) is 0 Å². The van der Waals surface area contributed by atoms with Gasteiger partial charge >= 0.3 is 0 Å². The molecule has 0 radical (unpaired) electrons. The fourth-order valence-corrected chi connectivity index (χ4v) is 4.91. The lowest BCUT2D eigenvalue weighted by atomic mass is 10.0. The van der Waals surface area contributed by atoms with E-state index < -0.39 is 6.10 Å². The zero-order chi connectivity index (χ0) is 26.0. The Hall–Kier alpha value is -0.360. The summed E-state index contributed by atoms with van der Waals surface area (Å²) < 4.78 is 0.650. The van der Waals surface area contributed by atoms with Crippen LogP contribution in [0.4, 0.5) is 0 Å². The van der Waals surface area contributed by atoms with Gasteiger partial charge in [0.15, 0.2) is 0 Å². The quantitative estimate of drug-likeness (QED) is 0.111. The summed E-state index contributed by atoms with van der Waals surface area (Å²) in [6, 6.07) is 0. The first kappa shape index (κ1) is 37.8. The third-order valence-electron chi connectivity index (χ3n) is 7.19. The molecule has 36 heavy (non-hydrogen) atoms. The number of carbonyl (C=O) groups is 1. The molecule has 0 rings (SSSR count). The Bertz CT molecular complexity index is 463. The monoisotopic (exact) mass is 534 g/mol. The maximum absolute atomic E-state index is 12.0. The number of halogens is 1. The zero-order valence-corrected chi connectivity index (χ0v) is 25.1. The van der Waals surface area contributed by atoms with E-state index in [0.29, 0.717) is 24.0 Å². The number of nitrogens with zero attached hydrogens (tertiary/aromatic N) is 1. The molecule has 0 aromatic rings. The first-order chi connectivity index (χ1) is 16.9. The Morgan fingerprint density at radius 1 is 0.694 bits per heavy atom. The van der Waals surface area contributed by atoms with Crippen molar-refractivity contribution in [1.82, 2.24) is 5.32 Å². The standard InChI is InChI=1S/C30H62N2O3.ClH/c1-4-5-6-7-8-9-10-11-12-13-14-15-16-17-18-19-20-21-22-24-30(35)31-25-23-26-32(2,3)27-29(34)28-33;/h29,33-34H,4-28H2,1-3H3;1H. The molecule has 1 unspecified atom stereocenters. The Labute approximate surface area is 231 Å². The van der Waals surface area contributed by atoms with Gasteiger partial charge in [0.2, 0.25) is 5.91 Å². The molecule has 1 atom stereocenters. The average molecular weight is 535 g/mol. The van der Waals surface area contributed by atoms with Crippen molar-refractivity contribution in [3.63, 3.8) is 0 Å². The molecule has 0 saturated carbocycles. The highest BCUT2D eigenvalue weighted by molar-refractivity contribution is 5.75. The van der Waals surface area contributed by atoms with Crippen molar-refractivity contribution in [2.45, 2.75) is 148 Å². The minimum Gasteiger partial charge on any atom is -1.00 e. The van der Waals surface area contributed by atoms with Crippen LogP contribution in [0.3, 0.4) is 0 Å². The van der Waals surface area contributed by atoms with Crippen molar-refractivity contribution in [1.29, 1.82) is 0 Å². The predicted octanol–water partition coefficient (Wildman–Crippen LogP) is 3.75. The Morgan fingerprint density at radius 2 is 1.08 bits per heavy atom. The molecule has 1 amide bonds. The van der Waals surface area contributed by atoms with Crippen LogP contribution in [0, 0.1) is 0 Å². The van der Waals surface area contributed by atoms with Crippen molar-refractivity contribution >= 4 is 5.91 Å². The van der Waals surface area contributed by atoms with Crippen molar-refractivity contribution in [2.75, 3.05) is 40.3 Å². The van der Waals surface area contributed by atoms with Crippen LogP contribution in [-0.2, 0) is 4.79 Å². The largest absolute Gasteiger partial charge is 1.00 e. The highest BCUT2D eigenvalue weighted by atomic mass is 35.5. The first-order valence-electron chi connectivity index (χ1n) is 15.3. The SMILES string of the molecule is CCCCCCCCCCCCCCCCCCCCCC(=O)NCCC[N+](C)(C)CC(O)CO.[Cl-]. The van der Waals surface area contributed by atoms with E-state index >= 15 is 0 Å². The van der Waals surface area contributed by atoms with Crippen LogP contribution in [-0.4, -0.2) is 67.0 Å². The van der Waals surface area contributed by atoms with E-state index in [1.807, 2.05) is 14.1 Å². The summed E-state index contributed by atoms with van der Waals surface area (Å²) in [5.74, 6) is 0.165. The van der Waals surface area contributed by atoms with Gasteiger partial charge in [-0.15, -0.1) is 0 Å². The number of unbranched alkanes of at least 4 members (excludes halogenated alkanes) is 18. The molecule has 0 aromatic heterocycles. The second-order valence-corrected chi connectivity index (χ2v) is 11.5. The van der Waals surface area contributed by atoms with Crippen molar-refractivity contribution in [3.8, 4) is 0 Å². The minimum absolute atomic E-state index is 0. The van der Waals surface area contributed by atoms with Crippen molar-refractivity contribution < 1.29 is 31.9 Å². The molecule has 0 heterocycles. The number of likely N-dealkylation sites (N-methyl/N-ethyl adjacent to an activating group) is 1. The number of amides is 1. The lowest BCUT2D eigenvalue weighted by molar-refractivity contribution is -0.893. The number of quaternary nitrogens is 1. The molecule has 6 heteroatoms. The topological polar surface area (TPSA) is 69.6 Å². The van der Waals surface area contributed by atoms with E-state index in [4.69, 9.17) is 5.11 Å². The zero-order valence-electron chi connectivity index (χ0n) is 24.4. The van der Waals surface area contributed by atoms with Crippen LogP contribution in [0.2, 0.25) is 0 Å². The molecule has 3 N–H and O–H groups in total. The van der Waals surface area contributed by atoms with Crippen molar-refractivity contribution in [2.24, 2.45) is 0 Å². The van der Waals surface area contributed by atoms with Crippen LogP contribution in [0.5, 0.6) is 0 Å². The highest BCUT2D eigenvalue weighted by Gasteiger charge is 2.19. The van der Waals surface area contributed by atoms with Crippen LogP contribution >= 0.6 is 0 Å². The van der Waals surface area contributed by atoms with Gasteiger partial charge in [-0.1, -0.05) is 122 Å². The van der Waals surface area contributed by atoms with E-state index in [9.17, 15) is 9.90 Å². The third-order valence-corrected chi connectivity index (χ3v) is 7.19. The molecular formula is C30H63ClN2O3. The number of carbonyl (C=O) groups excluding carboxylic acids is 1. The Kier molecular flexibility index (Phi) is 29.0. The number of aliphatic hydroxyl groups excluding tert-OH is 2. The number of hydrogen-bond acceptors (Lipinski definition) is 3. The Morgan fingerprint density at radius 3 is 1.47 bits per heavy atom. The summed E-state index contributed by atoms with van der Waals surface area (Å²) in [7, 11) is 4.08. The maximum atomic E-state index is 12.0. The fourth-order valence-electron chi connectivity index (χ4n) is 4.91. The number of aliphatic hydroxyl groups is 2. The molecule has 0 spiro atoms. The van der Waals surface area contributed by atoms with Gasteiger partial charge in [0.1, 0.15) is 12.6 Å².